The summed E-state index contributed by atoms with van der Waals surface area (Å²) in [5, 5.41) is 2.42. The van der Waals surface area contributed by atoms with Crippen molar-refractivity contribution in [2.24, 2.45) is 10.9 Å². The van der Waals surface area contributed by atoms with Crippen LogP contribution in [0.2, 0.25) is 0 Å². The van der Waals surface area contributed by atoms with Crippen molar-refractivity contribution < 1.29 is 23.0 Å². The third-order valence-corrected chi connectivity index (χ3v) is 9.60. The molecule has 0 bridgehead atoms. The Hall–Kier alpha value is -3.55. The van der Waals surface area contributed by atoms with Crippen LogP contribution in [0.15, 0.2) is 53.6 Å². The molecule has 3 aromatic carbocycles. The molecular formula is C37H42F2N2O3. The van der Waals surface area contributed by atoms with E-state index in [1.54, 1.807) is 6.21 Å². The number of aliphatic imine (C=N–C) groups is 1. The number of rotatable bonds is 6. The number of fused-ring (bicyclic) bond motifs is 5. The van der Waals surface area contributed by atoms with Crippen molar-refractivity contribution in [1.29, 1.82) is 0 Å². The lowest BCUT2D eigenvalue weighted by Crippen LogP contribution is -2.39. The molecule has 1 saturated heterocycles. The lowest BCUT2D eigenvalue weighted by Gasteiger charge is -2.34. The maximum absolute atomic E-state index is 15.5. The van der Waals surface area contributed by atoms with Crippen LogP contribution in [0.1, 0.15) is 59.4 Å². The predicted octanol–water partition coefficient (Wildman–Crippen LogP) is 7.50. The Labute approximate surface area is 259 Å². The van der Waals surface area contributed by atoms with Crippen LogP contribution in [0.3, 0.4) is 0 Å². The van der Waals surface area contributed by atoms with Crippen molar-refractivity contribution in [3.05, 3.63) is 88.0 Å². The monoisotopic (exact) mass is 600 g/mol. The minimum Gasteiger partial charge on any atom is -0.494 e. The molecule has 0 N–H and O–H groups in total. The largest absolute Gasteiger partial charge is 0.494 e. The van der Waals surface area contributed by atoms with Gasteiger partial charge in [-0.15, -0.1) is 0 Å². The van der Waals surface area contributed by atoms with Crippen molar-refractivity contribution in [3.8, 4) is 11.5 Å². The zero-order chi connectivity index (χ0) is 30.6. The Bertz CT molecular complexity index is 1550. The van der Waals surface area contributed by atoms with Crippen LogP contribution in [0.4, 0.5) is 8.78 Å². The summed E-state index contributed by atoms with van der Waals surface area (Å²) in [7, 11) is 2.81. The van der Waals surface area contributed by atoms with Gasteiger partial charge in [0.2, 0.25) is 0 Å². The van der Waals surface area contributed by atoms with E-state index < -0.39 is 11.6 Å². The van der Waals surface area contributed by atoms with Gasteiger partial charge in [-0.25, -0.2) is 8.78 Å². The van der Waals surface area contributed by atoms with E-state index in [1.807, 2.05) is 12.2 Å². The van der Waals surface area contributed by atoms with Crippen LogP contribution in [0.25, 0.3) is 16.8 Å². The molecule has 7 rings (SSSR count). The van der Waals surface area contributed by atoms with E-state index in [1.165, 1.54) is 53.3 Å². The van der Waals surface area contributed by atoms with Gasteiger partial charge in [-0.3, -0.25) is 9.89 Å². The first-order valence-corrected chi connectivity index (χ1v) is 15.8. The summed E-state index contributed by atoms with van der Waals surface area (Å²) in [4.78, 5) is 6.35. The SMILES string of the molecule is C1=CCN=C1.CCC1CC(c2c(F)c(OC)cc(OC)c2F)Cc2c1ccc1c3c(ccc21)CC(CN1CCOCC1)C=C3. The Kier molecular flexibility index (Phi) is 9.43. The molecule has 0 saturated carbocycles. The van der Waals surface area contributed by atoms with Crippen molar-refractivity contribution in [2.75, 3.05) is 53.6 Å². The lowest BCUT2D eigenvalue weighted by atomic mass is 9.71. The number of methoxy groups -OCH3 is 2. The van der Waals surface area contributed by atoms with Gasteiger partial charge < -0.3 is 14.2 Å². The fraction of sp³-hybridized carbons (Fsp3) is 0.432. The summed E-state index contributed by atoms with van der Waals surface area (Å²) in [5.41, 5.74) is 5.25. The molecule has 3 unspecified atom stereocenters. The third-order valence-electron chi connectivity index (χ3n) is 9.60. The number of hydrogen-bond acceptors (Lipinski definition) is 5. The Morgan fingerprint density at radius 3 is 2.36 bits per heavy atom. The van der Waals surface area contributed by atoms with Crippen LogP contribution < -0.4 is 9.47 Å². The molecule has 2 heterocycles. The number of halogens is 2. The lowest BCUT2D eigenvalue weighted by molar-refractivity contribution is 0.0334. The van der Waals surface area contributed by atoms with Gasteiger partial charge in [-0.05, 0) is 82.5 Å². The Morgan fingerprint density at radius 2 is 1.73 bits per heavy atom. The van der Waals surface area contributed by atoms with Gasteiger partial charge in [0, 0.05) is 37.5 Å². The van der Waals surface area contributed by atoms with Crippen LogP contribution >= 0.6 is 0 Å². The van der Waals surface area contributed by atoms with E-state index in [0.29, 0.717) is 18.8 Å². The number of hydrogen-bond donors (Lipinski definition) is 0. The van der Waals surface area contributed by atoms with E-state index in [4.69, 9.17) is 14.2 Å². The van der Waals surface area contributed by atoms with E-state index in [-0.39, 0.29) is 28.9 Å². The van der Waals surface area contributed by atoms with Crippen LogP contribution in [-0.4, -0.2) is 64.7 Å². The molecule has 4 aliphatic rings. The number of nitrogens with zero attached hydrogens (tertiary/aromatic N) is 2. The third kappa shape index (κ3) is 6.04. The van der Waals surface area contributed by atoms with Gasteiger partial charge in [0.15, 0.2) is 23.1 Å². The number of benzene rings is 3. The van der Waals surface area contributed by atoms with Crippen LogP contribution in [0, 0.1) is 17.6 Å². The second-order valence-corrected chi connectivity index (χ2v) is 12.1. The Balaban J connectivity index is 0.000000625. The topological polar surface area (TPSA) is 43.3 Å². The molecule has 5 nitrogen and oxygen atoms in total. The van der Waals surface area contributed by atoms with E-state index in [0.717, 1.165) is 52.2 Å². The molecule has 0 spiro atoms. The molecule has 3 aromatic rings. The van der Waals surface area contributed by atoms with Crippen molar-refractivity contribution in [2.45, 2.75) is 44.4 Å². The van der Waals surface area contributed by atoms with Gasteiger partial charge in [0.1, 0.15) is 0 Å². The van der Waals surface area contributed by atoms with E-state index in [9.17, 15) is 0 Å². The molecule has 7 heteroatoms. The van der Waals surface area contributed by atoms with Gasteiger partial charge in [0.05, 0.1) is 34.0 Å². The average molecular weight is 601 g/mol. The zero-order valence-corrected chi connectivity index (χ0v) is 26.0. The molecular weight excluding hydrogens is 558 g/mol. The maximum atomic E-state index is 15.5. The predicted molar refractivity (Wildman–Crippen MR) is 173 cm³/mol. The molecule has 2 aliphatic carbocycles. The molecule has 44 heavy (non-hydrogen) atoms. The summed E-state index contributed by atoms with van der Waals surface area (Å²) in [5.74, 6) is -0.785. The molecule has 1 fully saturated rings. The molecule has 232 valence electrons. The highest BCUT2D eigenvalue weighted by molar-refractivity contribution is 5.95. The zero-order valence-electron chi connectivity index (χ0n) is 26.0. The second-order valence-electron chi connectivity index (χ2n) is 12.1. The summed E-state index contributed by atoms with van der Waals surface area (Å²) in [6, 6.07) is 10.3. The first-order valence-electron chi connectivity index (χ1n) is 15.8. The second kappa shape index (κ2) is 13.6. The fourth-order valence-electron chi connectivity index (χ4n) is 7.34. The number of ether oxygens (including phenoxy) is 3. The van der Waals surface area contributed by atoms with Gasteiger partial charge in [0.25, 0.3) is 0 Å². The first-order chi connectivity index (χ1) is 21.5. The van der Waals surface area contributed by atoms with Gasteiger partial charge in [-0.2, -0.15) is 0 Å². The maximum Gasteiger partial charge on any atom is 0.171 e. The number of allylic oxidation sites excluding steroid dienone is 1. The minimum atomic E-state index is -0.619. The molecule has 0 amide bonds. The minimum absolute atomic E-state index is 0.0193. The molecule has 0 radical (unpaired) electrons. The number of morpholine rings is 1. The standard InChI is InChI=1S/C33H37F2NO3.C4H5N/c1-4-21-16-23(31-32(34)29(37-2)18-30(38-3)33(31)35)17-28-24(21)9-10-26-25-7-5-20(15-22(25)6-8-27(26)28)19-36-11-13-39-14-12-36;1-2-4-5-3-1/h5-10,18,20-21,23H,4,11-17,19H2,1-3H3;1-3H,4H2. The van der Waals surface area contributed by atoms with Crippen molar-refractivity contribution in [3.63, 3.8) is 0 Å². The van der Waals surface area contributed by atoms with E-state index in [2.05, 4.69) is 53.2 Å². The summed E-state index contributed by atoms with van der Waals surface area (Å²) >= 11 is 0. The summed E-state index contributed by atoms with van der Waals surface area (Å²) in [6.07, 6.45) is 13.6. The Morgan fingerprint density at radius 1 is 0.977 bits per heavy atom. The van der Waals surface area contributed by atoms with Gasteiger partial charge >= 0.3 is 0 Å². The van der Waals surface area contributed by atoms with Crippen molar-refractivity contribution >= 4 is 23.1 Å². The molecule has 3 atom stereocenters. The van der Waals surface area contributed by atoms with Crippen molar-refractivity contribution in [1.82, 2.24) is 4.90 Å². The fourth-order valence-corrected chi connectivity index (χ4v) is 7.34. The first kappa shape index (κ1) is 30.5. The normalized spacial score (nSPS) is 22.3. The highest BCUT2D eigenvalue weighted by Gasteiger charge is 2.34. The van der Waals surface area contributed by atoms with Gasteiger partial charge in [-0.1, -0.05) is 49.4 Å². The molecule has 2 aliphatic heterocycles. The highest BCUT2D eigenvalue weighted by atomic mass is 19.1. The summed E-state index contributed by atoms with van der Waals surface area (Å²) in [6.45, 7) is 7.74. The quantitative estimate of drug-likeness (QED) is 0.294. The smallest absolute Gasteiger partial charge is 0.171 e. The van der Waals surface area contributed by atoms with E-state index >= 15 is 8.78 Å². The average Bonchev–Trinajstić information content (AvgIpc) is 3.65. The molecule has 0 aromatic heterocycles. The highest BCUT2D eigenvalue weighted by Crippen LogP contribution is 2.48. The van der Waals surface area contributed by atoms with Crippen LogP contribution in [0.5, 0.6) is 11.5 Å². The van der Waals surface area contributed by atoms with Crippen LogP contribution in [-0.2, 0) is 17.6 Å². The summed E-state index contributed by atoms with van der Waals surface area (Å²) < 4.78 is 47.1.